The zero-order valence-corrected chi connectivity index (χ0v) is 17.0. The standard InChI is InChI=1S/C19H27NO6S/c1-5-19(18(21)26-6-2)12-13-7-10-17(19)20(13)27(22,23)16-11-14(24-3)8-9-15(16)25-4/h8-9,11,13,17H,5-7,10,12H2,1-4H3/t13-,17+,19+/m0/s1. The van der Waals surface area contributed by atoms with Gasteiger partial charge in [-0.2, -0.15) is 4.31 Å². The molecule has 0 aliphatic carbocycles. The van der Waals surface area contributed by atoms with Crippen LogP contribution in [0.1, 0.15) is 39.5 Å². The lowest BCUT2D eigenvalue weighted by Gasteiger charge is -2.34. The van der Waals surface area contributed by atoms with Crippen LogP contribution in [0.15, 0.2) is 23.1 Å². The molecule has 8 heteroatoms. The van der Waals surface area contributed by atoms with Gasteiger partial charge in [-0.05, 0) is 44.7 Å². The summed E-state index contributed by atoms with van der Waals surface area (Å²) in [5.74, 6) is 0.408. The number of hydrogen-bond acceptors (Lipinski definition) is 6. The fourth-order valence-electron chi connectivity index (χ4n) is 4.61. The molecule has 0 N–H and O–H groups in total. The summed E-state index contributed by atoms with van der Waals surface area (Å²) in [5.41, 5.74) is -0.780. The summed E-state index contributed by atoms with van der Waals surface area (Å²) in [6.45, 7) is 3.98. The maximum absolute atomic E-state index is 13.6. The number of sulfonamides is 1. The summed E-state index contributed by atoms with van der Waals surface area (Å²) >= 11 is 0. The number of nitrogens with zero attached hydrogens (tertiary/aromatic N) is 1. The van der Waals surface area contributed by atoms with Gasteiger partial charge in [0.2, 0.25) is 10.0 Å². The molecule has 0 amide bonds. The molecule has 0 unspecified atom stereocenters. The molecule has 0 spiro atoms. The number of esters is 1. The molecule has 7 nitrogen and oxygen atoms in total. The van der Waals surface area contributed by atoms with E-state index in [1.54, 1.807) is 19.1 Å². The smallest absolute Gasteiger partial charge is 0.313 e. The second-order valence-corrected chi connectivity index (χ2v) is 8.84. The van der Waals surface area contributed by atoms with Gasteiger partial charge in [-0.15, -0.1) is 0 Å². The van der Waals surface area contributed by atoms with E-state index in [4.69, 9.17) is 14.2 Å². The summed E-state index contributed by atoms with van der Waals surface area (Å²) in [7, 11) is -0.933. The van der Waals surface area contributed by atoms with Crippen LogP contribution in [0.2, 0.25) is 0 Å². The molecule has 0 saturated carbocycles. The fraction of sp³-hybridized carbons (Fsp3) is 0.632. The molecule has 2 aliphatic heterocycles. The zero-order chi connectivity index (χ0) is 19.8. The second kappa shape index (κ2) is 7.31. The number of fused-ring (bicyclic) bond motifs is 2. The van der Waals surface area contributed by atoms with Gasteiger partial charge in [0.1, 0.15) is 16.4 Å². The number of methoxy groups -OCH3 is 2. The van der Waals surface area contributed by atoms with Crippen molar-refractivity contribution in [1.29, 1.82) is 0 Å². The molecular formula is C19H27NO6S. The Morgan fingerprint density at radius 1 is 1.22 bits per heavy atom. The monoisotopic (exact) mass is 397 g/mol. The summed E-state index contributed by atoms with van der Waals surface area (Å²) in [4.78, 5) is 12.8. The lowest BCUT2D eigenvalue weighted by molar-refractivity contribution is -0.157. The van der Waals surface area contributed by atoms with E-state index < -0.39 is 21.5 Å². The van der Waals surface area contributed by atoms with Gasteiger partial charge in [0.05, 0.1) is 26.2 Å². The topological polar surface area (TPSA) is 82.1 Å². The van der Waals surface area contributed by atoms with Gasteiger partial charge in [-0.3, -0.25) is 4.79 Å². The Bertz CT molecular complexity index is 823. The summed E-state index contributed by atoms with van der Waals surface area (Å²) in [6.07, 6.45) is 2.45. The summed E-state index contributed by atoms with van der Waals surface area (Å²) < 4.78 is 44.5. The minimum Gasteiger partial charge on any atom is -0.497 e. The first kappa shape index (κ1) is 19.9. The number of rotatable bonds is 7. The van der Waals surface area contributed by atoms with Crippen LogP contribution in [0, 0.1) is 5.41 Å². The minimum absolute atomic E-state index is 0.0667. The van der Waals surface area contributed by atoms with Crippen molar-refractivity contribution in [1.82, 2.24) is 4.31 Å². The van der Waals surface area contributed by atoms with Crippen molar-refractivity contribution in [3.63, 3.8) is 0 Å². The van der Waals surface area contributed by atoms with Crippen molar-refractivity contribution in [2.24, 2.45) is 5.41 Å². The number of carbonyl (C=O) groups is 1. The van der Waals surface area contributed by atoms with Gasteiger partial charge in [0, 0.05) is 18.2 Å². The van der Waals surface area contributed by atoms with Crippen LogP contribution in [-0.4, -0.2) is 51.6 Å². The Hall–Kier alpha value is -1.80. The molecule has 0 radical (unpaired) electrons. The molecule has 2 heterocycles. The molecule has 3 rings (SSSR count). The van der Waals surface area contributed by atoms with Crippen LogP contribution in [0.5, 0.6) is 11.5 Å². The van der Waals surface area contributed by atoms with Gasteiger partial charge in [0.25, 0.3) is 0 Å². The van der Waals surface area contributed by atoms with Gasteiger partial charge in [-0.1, -0.05) is 6.92 Å². The lowest BCUT2D eigenvalue weighted by Crippen LogP contribution is -2.45. The Morgan fingerprint density at radius 3 is 2.56 bits per heavy atom. The first-order valence-electron chi connectivity index (χ1n) is 9.28. The predicted molar refractivity (Wildman–Crippen MR) is 99.4 cm³/mol. The first-order valence-corrected chi connectivity index (χ1v) is 10.7. The minimum atomic E-state index is -3.86. The Balaban J connectivity index is 2.05. The van der Waals surface area contributed by atoms with E-state index >= 15 is 0 Å². The van der Waals surface area contributed by atoms with Gasteiger partial charge < -0.3 is 14.2 Å². The van der Waals surface area contributed by atoms with E-state index in [2.05, 4.69) is 0 Å². The van der Waals surface area contributed by atoms with Crippen molar-refractivity contribution in [3.05, 3.63) is 18.2 Å². The molecule has 2 fully saturated rings. The van der Waals surface area contributed by atoms with Crippen LogP contribution < -0.4 is 9.47 Å². The molecule has 1 aromatic carbocycles. The third-order valence-electron chi connectivity index (χ3n) is 5.92. The molecule has 0 aromatic heterocycles. The van der Waals surface area contributed by atoms with Crippen molar-refractivity contribution in [3.8, 4) is 11.5 Å². The van der Waals surface area contributed by atoms with E-state index in [0.29, 0.717) is 25.0 Å². The number of ether oxygens (including phenoxy) is 3. The van der Waals surface area contributed by atoms with Crippen LogP contribution in [0.3, 0.4) is 0 Å². The van der Waals surface area contributed by atoms with Gasteiger partial charge in [0.15, 0.2) is 0 Å². The van der Waals surface area contributed by atoms with Crippen molar-refractivity contribution >= 4 is 16.0 Å². The average molecular weight is 397 g/mol. The Labute approximate surface area is 160 Å². The maximum atomic E-state index is 13.6. The highest BCUT2D eigenvalue weighted by Crippen LogP contribution is 2.54. The lowest BCUT2D eigenvalue weighted by atomic mass is 9.72. The van der Waals surface area contributed by atoms with E-state index in [9.17, 15) is 13.2 Å². The number of carbonyl (C=O) groups excluding carboxylic acids is 1. The highest BCUT2D eigenvalue weighted by Gasteiger charge is 2.63. The number of hydrogen-bond donors (Lipinski definition) is 0. The third kappa shape index (κ3) is 2.99. The van der Waals surface area contributed by atoms with Crippen molar-refractivity contribution in [2.45, 2.75) is 56.5 Å². The van der Waals surface area contributed by atoms with E-state index in [1.807, 2.05) is 6.92 Å². The van der Waals surface area contributed by atoms with Gasteiger partial charge in [-0.25, -0.2) is 8.42 Å². The first-order chi connectivity index (χ1) is 12.9. The van der Waals surface area contributed by atoms with Crippen molar-refractivity contribution < 1.29 is 27.4 Å². The molecule has 3 atom stereocenters. The SMILES string of the molecule is CCOC(=O)[C@]1(CC)C[C@@H]2CC[C@H]1N2S(=O)(=O)c1cc(OC)ccc1OC. The van der Waals surface area contributed by atoms with Crippen molar-refractivity contribution in [2.75, 3.05) is 20.8 Å². The molecule has 2 aliphatic rings. The third-order valence-corrected chi connectivity index (χ3v) is 7.90. The average Bonchev–Trinajstić information content (AvgIpc) is 3.25. The predicted octanol–water partition coefficient (Wildman–Crippen LogP) is 2.59. The quantitative estimate of drug-likeness (QED) is 0.658. The Kier molecular flexibility index (Phi) is 5.40. The highest BCUT2D eigenvalue weighted by atomic mass is 32.2. The fourth-order valence-corrected chi connectivity index (χ4v) is 6.72. The highest BCUT2D eigenvalue weighted by molar-refractivity contribution is 7.89. The van der Waals surface area contributed by atoms with Crippen LogP contribution in [0.4, 0.5) is 0 Å². The molecule has 27 heavy (non-hydrogen) atoms. The van der Waals surface area contributed by atoms with E-state index in [0.717, 1.165) is 6.42 Å². The molecular weight excluding hydrogens is 370 g/mol. The second-order valence-electron chi connectivity index (χ2n) is 7.03. The summed E-state index contributed by atoms with van der Waals surface area (Å²) in [5, 5.41) is 0. The van der Waals surface area contributed by atoms with Crippen LogP contribution >= 0.6 is 0 Å². The molecule has 2 saturated heterocycles. The molecule has 150 valence electrons. The maximum Gasteiger partial charge on any atom is 0.313 e. The van der Waals surface area contributed by atoms with Crippen LogP contribution in [0.25, 0.3) is 0 Å². The largest absolute Gasteiger partial charge is 0.497 e. The summed E-state index contributed by atoms with van der Waals surface area (Å²) in [6, 6.07) is 4.12. The van der Waals surface area contributed by atoms with E-state index in [1.165, 1.54) is 24.6 Å². The van der Waals surface area contributed by atoms with E-state index in [-0.39, 0.29) is 29.3 Å². The number of benzene rings is 1. The molecule has 1 aromatic rings. The molecule has 2 bridgehead atoms. The zero-order valence-electron chi connectivity index (χ0n) is 16.2. The van der Waals surface area contributed by atoms with Crippen LogP contribution in [-0.2, 0) is 19.6 Å². The normalized spacial score (nSPS) is 27.6. The Morgan fingerprint density at radius 2 is 1.96 bits per heavy atom. The van der Waals surface area contributed by atoms with Gasteiger partial charge >= 0.3 is 5.97 Å².